The van der Waals surface area contributed by atoms with Crippen LogP contribution in [0.15, 0.2) is 41.3 Å². The number of hydrogen-bond donors (Lipinski definition) is 1. The smallest absolute Gasteiger partial charge is 0.243 e. The monoisotopic (exact) mass is 416 g/mol. The maximum Gasteiger partial charge on any atom is 0.243 e. The van der Waals surface area contributed by atoms with Gasteiger partial charge in [-0.25, -0.2) is 8.42 Å². The number of ether oxygens (including phenoxy) is 2. The lowest BCUT2D eigenvalue weighted by Crippen LogP contribution is -2.31. The molecule has 4 rings (SSSR count). The Bertz CT molecular complexity index is 1050. The van der Waals surface area contributed by atoms with E-state index in [2.05, 4.69) is 5.32 Å². The minimum atomic E-state index is -3.69. The average molecular weight is 416 g/mol. The van der Waals surface area contributed by atoms with Crippen LogP contribution < -0.4 is 14.8 Å². The maximum atomic E-state index is 13.5. The Morgan fingerprint density at radius 2 is 1.90 bits per heavy atom. The molecular weight excluding hydrogens is 392 g/mol. The number of aryl methyl sites for hydroxylation is 1. The summed E-state index contributed by atoms with van der Waals surface area (Å²) in [6.07, 6.45) is 2.41. The number of rotatable bonds is 5. The van der Waals surface area contributed by atoms with Crippen LogP contribution in [0.2, 0.25) is 0 Å². The standard InChI is InChI=1S/C21H24N2O5S/c1-27-15-6-8-17(20(13-15)28-2)19-4-3-11-23(19)29(25,26)16-7-9-18-14(12-16)5-10-21(24)22-18/h6-9,12-13,19H,3-5,10-11H2,1-2H3,(H,22,24). The summed E-state index contributed by atoms with van der Waals surface area (Å²) in [6, 6.07) is 10.1. The van der Waals surface area contributed by atoms with E-state index in [1.54, 1.807) is 42.8 Å². The molecule has 0 spiro atoms. The van der Waals surface area contributed by atoms with Gasteiger partial charge < -0.3 is 14.8 Å². The Balaban J connectivity index is 1.69. The molecule has 2 aliphatic rings. The second-order valence-electron chi connectivity index (χ2n) is 7.25. The lowest BCUT2D eigenvalue weighted by atomic mass is 10.0. The van der Waals surface area contributed by atoms with E-state index < -0.39 is 10.0 Å². The van der Waals surface area contributed by atoms with Gasteiger partial charge >= 0.3 is 0 Å². The topological polar surface area (TPSA) is 84.9 Å². The third kappa shape index (κ3) is 3.58. The summed E-state index contributed by atoms with van der Waals surface area (Å²) in [5.74, 6) is 1.23. The summed E-state index contributed by atoms with van der Waals surface area (Å²) in [5.41, 5.74) is 2.37. The fraction of sp³-hybridized carbons (Fsp3) is 0.381. The van der Waals surface area contributed by atoms with E-state index in [-0.39, 0.29) is 16.8 Å². The highest BCUT2D eigenvalue weighted by Gasteiger charge is 2.38. The number of anilines is 1. The molecule has 7 nitrogen and oxygen atoms in total. The lowest BCUT2D eigenvalue weighted by molar-refractivity contribution is -0.116. The molecule has 1 unspecified atom stereocenters. The molecule has 1 fully saturated rings. The molecule has 2 aliphatic heterocycles. The molecule has 1 amide bonds. The first-order chi connectivity index (χ1) is 13.9. The number of fused-ring (bicyclic) bond motifs is 1. The van der Waals surface area contributed by atoms with E-state index in [0.717, 1.165) is 24.0 Å². The first-order valence-corrected chi connectivity index (χ1v) is 11.0. The van der Waals surface area contributed by atoms with Crippen LogP contribution >= 0.6 is 0 Å². The van der Waals surface area contributed by atoms with Gasteiger partial charge in [-0.3, -0.25) is 4.79 Å². The molecule has 0 bridgehead atoms. The van der Waals surface area contributed by atoms with Crippen molar-refractivity contribution in [2.75, 3.05) is 26.1 Å². The van der Waals surface area contributed by atoms with Crippen LogP contribution in [0.5, 0.6) is 11.5 Å². The molecule has 1 atom stereocenters. The van der Waals surface area contributed by atoms with Crippen molar-refractivity contribution in [1.82, 2.24) is 4.31 Å². The van der Waals surface area contributed by atoms with Gasteiger partial charge in [0, 0.05) is 30.3 Å². The third-order valence-electron chi connectivity index (χ3n) is 5.58. The maximum absolute atomic E-state index is 13.5. The Labute approximate surface area is 170 Å². The SMILES string of the molecule is COc1ccc(C2CCCN2S(=O)(=O)c2ccc3c(c2)CCC(=O)N3)c(OC)c1. The first kappa shape index (κ1) is 19.7. The van der Waals surface area contributed by atoms with Crippen molar-refractivity contribution in [3.8, 4) is 11.5 Å². The number of methoxy groups -OCH3 is 2. The largest absolute Gasteiger partial charge is 0.497 e. The molecule has 0 saturated carbocycles. The van der Waals surface area contributed by atoms with Gasteiger partial charge in [0.25, 0.3) is 0 Å². The van der Waals surface area contributed by atoms with E-state index in [1.807, 2.05) is 12.1 Å². The van der Waals surface area contributed by atoms with Crippen molar-refractivity contribution in [3.05, 3.63) is 47.5 Å². The minimum absolute atomic E-state index is 0.0423. The van der Waals surface area contributed by atoms with Gasteiger partial charge in [-0.2, -0.15) is 4.31 Å². The molecule has 2 aromatic rings. The summed E-state index contributed by atoms with van der Waals surface area (Å²) in [6.45, 7) is 0.454. The molecule has 0 aliphatic carbocycles. The van der Waals surface area contributed by atoms with E-state index >= 15 is 0 Å². The van der Waals surface area contributed by atoms with Crippen LogP contribution in [0, 0.1) is 0 Å². The fourth-order valence-corrected chi connectivity index (χ4v) is 5.81. The molecule has 154 valence electrons. The molecule has 29 heavy (non-hydrogen) atoms. The van der Waals surface area contributed by atoms with E-state index in [0.29, 0.717) is 36.6 Å². The quantitative estimate of drug-likeness (QED) is 0.810. The number of benzene rings is 2. The predicted molar refractivity (Wildman–Crippen MR) is 109 cm³/mol. The number of nitrogens with one attached hydrogen (secondary N) is 1. The zero-order chi connectivity index (χ0) is 20.6. The van der Waals surface area contributed by atoms with Crippen LogP contribution in [0.3, 0.4) is 0 Å². The molecule has 2 heterocycles. The van der Waals surface area contributed by atoms with Crippen molar-refractivity contribution < 1.29 is 22.7 Å². The predicted octanol–water partition coefficient (Wildman–Crippen LogP) is 3.11. The molecule has 1 N–H and O–H groups in total. The van der Waals surface area contributed by atoms with Crippen molar-refractivity contribution in [3.63, 3.8) is 0 Å². The van der Waals surface area contributed by atoms with Crippen LogP contribution in [-0.2, 0) is 21.2 Å². The van der Waals surface area contributed by atoms with E-state index in [1.165, 1.54) is 0 Å². The van der Waals surface area contributed by atoms with Gasteiger partial charge in [-0.1, -0.05) is 6.07 Å². The van der Waals surface area contributed by atoms with Crippen molar-refractivity contribution >= 4 is 21.6 Å². The summed E-state index contributed by atoms with van der Waals surface area (Å²) in [5, 5.41) is 2.79. The highest BCUT2D eigenvalue weighted by atomic mass is 32.2. The summed E-state index contributed by atoms with van der Waals surface area (Å²) < 4.78 is 39.3. The summed E-state index contributed by atoms with van der Waals surface area (Å²) in [4.78, 5) is 11.8. The second kappa shape index (κ2) is 7.68. The average Bonchev–Trinajstić information content (AvgIpc) is 3.23. The Kier molecular flexibility index (Phi) is 5.23. The normalized spacial score (nSPS) is 19.5. The van der Waals surface area contributed by atoms with Crippen molar-refractivity contribution in [1.29, 1.82) is 0 Å². The molecule has 8 heteroatoms. The molecule has 0 aromatic heterocycles. The Hall–Kier alpha value is -2.58. The first-order valence-electron chi connectivity index (χ1n) is 9.60. The van der Waals surface area contributed by atoms with Crippen LogP contribution in [0.25, 0.3) is 0 Å². The number of sulfonamides is 1. The number of nitrogens with zero attached hydrogens (tertiary/aromatic N) is 1. The van der Waals surface area contributed by atoms with Crippen LogP contribution in [0.1, 0.15) is 36.4 Å². The fourth-order valence-electron chi connectivity index (χ4n) is 4.09. The zero-order valence-corrected chi connectivity index (χ0v) is 17.3. The van der Waals surface area contributed by atoms with Gasteiger partial charge in [-0.15, -0.1) is 0 Å². The highest BCUT2D eigenvalue weighted by Crippen LogP contribution is 2.42. The van der Waals surface area contributed by atoms with Gasteiger partial charge in [0.2, 0.25) is 15.9 Å². The zero-order valence-electron chi connectivity index (χ0n) is 16.5. The van der Waals surface area contributed by atoms with Crippen LogP contribution in [-0.4, -0.2) is 39.4 Å². The van der Waals surface area contributed by atoms with E-state index in [4.69, 9.17) is 9.47 Å². The van der Waals surface area contributed by atoms with Gasteiger partial charge in [0.15, 0.2) is 0 Å². The minimum Gasteiger partial charge on any atom is -0.497 e. The Morgan fingerprint density at radius 1 is 1.07 bits per heavy atom. The summed E-state index contributed by atoms with van der Waals surface area (Å²) in [7, 11) is -0.534. The van der Waals surface area contributed by atoms with Gasteiger partial charge in [-0.05, 0) is 49.1 Å². The number of hydrogen-bond acceptors (Lipinski definition) is 5. The molecule has 0 radical (unpaired) electrons. The van der Waals surface area contributed by atoms with Gasteiger partial charge in [0.05, 0.1) is 25.2 Å². The van der Waals surface area contributed by atoms with Crippen molar-refractivity contribution in [2.24, 2.45) is 0 Å². The molecule has 1 saturated heterocycles. The summed E-state index contributed by atoms with van der Waals surface area (Å²) >= 11 is 0. The van der Waals surface area contributed by atoms with Crippen molar-refractivity contribution in [2.45, 2.75) is 36.6 Å². The van der Waals surface area contributed by atoms with E-state index in [9.17, 15) is 13.2 Å². The molecular formula is C21H24N2O5S. The van der Waals surface area contributed by atoms with Gasteiger partial charge in [0.1, 0.15) is 11.5 Å². The number of carbonyl (C=O) groups is 1. The molecule has 2 aromatic carbocycles. The highest BCUT2D eigenvalue weighted by molar-refractivity contribution is 7.89. The second-order valence-corrected chi connectivity index (χ2v) is 9.14. The number of carbonyl (C=O) groups excluding carboxylic acids is 1. The third-order valence-corrected chi connectivity index (χ3v) is 7.49. The Morgan fingerprint density at radius 3 is 2.66 bits per heavy atom. The van der Waals surface area contributed by atoms with Crippen LogP contribution in [0.4, 0.5) is 5.69 Å². The number of amides is 1. The lowest BCUT2D eigenvalue weighted by Gasteiger charge is -2.26.